The maximum atomic E-state index is 12.1. The van der Waals surface area contributed by atoms with Crippen molar-refractivity contribution in [2.45, 2.75) is 20.3 Å². The van der Waals surface area contributed by atoms with Crippen LogP contribution in [-0.4, -0.2) is 23.5 Å². The van der Waals surface area contributed by atoms with Gasteiger partial charge in [0, 0.05) is 17.1 Å². The Labute approximate surface area is 165 Å². The standard InChI is InChI=1S/C19H16Cl2N2O4/c1-10-3-14-12(8-26-16(14)4-11(10)2)5-18(25)27-9-17(24)23-19-15(21)6-13(20)7-22-19/h3-4,6-8H,5,9H2,1-2H3,(H,22,23,24). The molecule has 0 unspecified atom stereocenters. The van der Waals surface area contributed by atoms with E-state index in [9.17, 15) is 9.59 Å². The molecule has 3 aromatic rings. The SMILES string of the molecule is Cc1cc2occ(CC(=O)OCC(=O)Nc3ncc(Cl)cc3Cl)c2cc1C. The van der Waals surface area contributed by atoms with Gasteiger partial charge in [-0.3, -0.25) is 9.59 Å². The number of aromatic nitrogens is 1. The van der Waals surface area contributed by atoms with Gasteiger partial charge in [-0.05, 0) is 43.2 Å². The number of hydrogen-bond donors (Lipinski definition) is 1. The van der Waals surface area contributed by atoms with E-state index in [4.69, 9.17) is 32.4 Å². The number of anilines is 1. The summed E-state index contributed by atoms with van der Waals surface area (Å²) in [7, 11) is 0. The minimum Gasteiger partial charge on any atom is -0.464 e. The minimum atomic E-state index is -0.552. The van der Waals surface area contributed by atoms with E-state index >= 15 is 0 Å². The highest BCUT2D eigenvalue weighted by molar-refractivity contribution is 6.36. The minimum absolute atomic E-state index is 0.00271. The lowest BCUT2D eigenvalue weighted by atomic mass is 10.0. The molecule has 8 heteroatoms. The van der Waals surface area contributed by atoms with E-state index < -0.39 is 18.5 Å². The van der Waals surface area contributed by atoms with Gasteiger partial charge in [0.2, 0.25) is 0 Å². The number of hydrogen-bond acceptors (Lipinski definition) is 5. The molecule has 0 saturated carbocycles. The van der Waals surface area contributed by atoms with Crippen molar-refractivity contribution in [3.05, 3.63) is 57.4 Å². The molecule has 0 spiro atoms. The van der Waals surface area contributed by atoms with Gasteiger partial charge in [0.25, 0.3) is 5.91 Å². The van der Waals surface area contributed by atoms with E-state index in [1.807, 2.05) is 26.0 Å². The van der Waals surface area contributed by atoms with Crippen molar-refractivity contribution in [3.63, 3.8) is 0 Å². The Bertz CT molecular complexity index is 1030. The Morgan fingerprint density at radius 3 is 2.67 bits per heavy atom. The number of furan rings is 1. The fraction of sp³-hybridized carbons (Fsp3) is 0.211. The van der Waals surface area contributed by atoms with E-state index in [1.165, 1.54) is 18.5 Å². The molecular formula is C19H16Cl2N2O4. The summed E-state index contributed by atoms with van der Waals surface area (Å²) in [6.07, 6.45) is 2.88. The van der Waals surface area contributed by atoms with Gasteiger partial charge in [-0.2, -0.15) is 0 Å². The van der Waals surface area contributed by atoms with Crippen LogP contribution >= 0.6 is 23.2 Å². The van der Waals surface area contributed by atoms with Crippen LogP contribution in [0.3, 0.4) is 0 Å². The molecule has 0 radical (unpaired) electrons. The predicted octanol–water partition coefficient (Wildman–Crippen LogP) is 4.48. The number of carbonyl (C=O) groups excluding carboxylic acids is 2. The van der Waals surface area contributed by atoms with E-state index in [0.29, 0.717) is 16.2 Å². The van der Waals surface area contributed by atoms with Crippen LogP contribution in [0.2, 0.25) is 10.0 Å². The molecule has 2 heterocycles. The van der Waals surface area contributed by atoms with Crippen molar-refractivity contribution in [1.29, 1.82) is 0 Å². The lowest BCUT2D eigenvalue weighted by Crippen LogP contribution is -2.22. The van der Waals surface area contributed by atoms with E-state index in [1.54, 1.807) is 0 Å². The van der Waals surface area contributed by atoms with Gasteiger partial charge >= 0.3 is 5.97 Å². The molecule has 0 aliphatic rings. The Morgan fingerprint density at radius 1 is 1.19 bits per heavy atom. The summed E-state index contributed by atoms with van der Waals surface area (Å²) in [4.78, 5) is 27.9. The maximum absolute atomic E-state index is 12.1. The second-order valence-electron chi connectivity index (χ2n) is 6.06. The first kappa shape index (κ1) is 19.2. The highest BCUT2D eigenvalue weighted by Crippen LogP contribution is 2.25. The van der Waals surface area contributed by atoms with E-state index in [0.717, 1.165) is 16.5 Å². The molecule has 0 fully saturated rings. The summed E-state index contributed by atoms with van der Waals surface area (Å²) in [6, 6.07) is 5.35. The number of benzene rings is 1. The molecular weight excluding hydrogens is 391 g/mol. The number of esters is 1. The summed E-state index contributed by atoms with van der Waals surface area (Å²) in [5.41, 5.74) is 3.63. The number of pyridine rings is 1. The highest BCUT2D eigenvalue weighted by atomic mass is 35.5. The Hall–Kier alpha value is -2.57. The van der Waals surface area contributed by atoms with Crippen molar-refractivity contribution in [2.24, 2.45) is 0 Å². The monoisotopic (exact) mass is 406 g/mol. The number of nitrogens with zero attached hydrogens (tertiary/aromatic N) is 1. The molecule has 0 saturated heterocycles. The van der Waals surface area contributed by atoms with Crippen molar-refractivity contribution < 1.29 is 18.7 Å². The van der Waals surface area contributed by atoms with Crippen LogP contribution in [0.4, 0.5) is 5.82 Å². The second-order valence-corrected chi connectivity index (χ2v) is 6.91. The average molecular weight is 407 g/mol. The van der Waals surface area contributed by atoms with Crippen LogP contribution in [-0.2, 0) is 20.7 Å². The molecule has 6 nitrogen and oxygen atoms in total. The first-order valence-electron chi connectivity index (χ1n) is 8.07. The van der Waals surface area contributed by atoms with Crippen molar-refractivity contribution in [2.75, 3.05) is 11.9 Å². The number of ether oxygens (including phenoxy) is 1. The van der Waals surface area contributed by atoms with Crippen LogP contribution in [0.5, 0.6) is 0 Å². The van der Waals surface area contributed by atoms with Crippen LogP contribution < -0.4 is 5.32 Å². The zero-order chi connectivity index (χ0) is 19.6. The normalized spacial score (nSPS) is 10.8. The first-order valence-corrected chi connectivity index (χ1v) is 8.83. The largest absolute Gasteiger partial charge is 0.464 e. The summed E-state index contributed by atoms with van der Waals surface area (Å²) in [6.45, 7) is 3.53. The number of halogens is 2. The number of fused-ring (bicyclic) bond motifs is 1. The van der Waals surface area contributed by atoms with Crippen molar-refractivity contribution in [3.8, 4) is 0 Å². The molecule has 0 aliphatic heterocycles. The molecule has 3 rings (SSSR count). The van der Waals surface area contributed by atoms with Gasteiger partial charge < -0.3 is 14.5 Å². The van der Waals surface area contributed by atoms with Gasteiger partial charge in [0.05, 0.1) is 22.7 Å². The quantitative estimate of drug-likeness (QED) is 0.631. The molecule has 0 atom stereocenters. The van der Waals surface area contributed by atoms with Gasteiger partial charge in [-0.1, -0.05) is 23.2 Å². The fourth-order valence-electron chi connectivity index (χ4n) is 2.50. The molecule has 1 aromatic carbocycles. The number of nitrogens with one attached hydrogen (secondary N) is 1. The van der Waals surface area contributed by atoms with Gasteiger partial charge in [0.1, 0.15) is 5.58 Å². The van der Waals surface area contributed by atoms with Crippen molar-refractivity contribution >= 4 is 51.9 Å². The highest BCUT2D eigenvalue weighted by Gasteiger charge is 2.15. The first-order chi connectivity index (χ1) is 12.8. The summed E-state index contributed by atoms with van der Waals surface area (Å²) in [5, 5.41) is 3.86. The summed E-state index contributed by atoms with van der Waals surface area (Å²) in [5.74, 6) is -0.946. The topological polar surface area (TPSA) is 81.4 Å². The Balaban J connectivity index is 1.58. The lowest BCUT2D eigenvalue weighted by Gasteiger charge is -2.07. The summed E-state index contributed by atoms with van der Waals surface area (Å²) < 4.78 is 10.5. The molecule has 0 bridgehead atoms. The molecule has 140 valence electrons. The number of rotatable bonds is 5. The molecule has 1 N–H and O–H groups in total. The van der Waals surface area contributed by atoms with Crippen LogP contribution in [0.1, 0.15) is 16.7 Å². The van der Waals surface area contributed by atoms with Gasteiger partial charge in [0.15, 0.2) is 12.4 Å². The third kappa shape index (κ3) is 4.59. The van der Waals surface area contributed by atoms with E-state index in [2.05, 4.69) is 10.3 Å². The number of carbonyl (C=O) groups is 2. The van der Waals surface area contributed by atoms with Gasteiger partial charge in [-0.25, -0.2) is 4.98 Å². The van der Waals surface area contributed by atoms with Crippen LogP contribution in [0.25, 0.3) is 11.0 Å². The zero-order valence-electron chi connectivity index (χ0n) is 14.6. The third-order valence-electron chi connectivity index (χ3n) is 4.03. The fourth-order valence-corrected chi connectivity index (χ4v) is 2.93. The van der Waals surface area contributed by atoms with Gasteiger partial charge in [-0.15, -0.1) is 0 Å². The van der Waals surface area contributed by atoms with Crippen molar-refractivity contribution in [1.82, 2.24) is 4.98 Å². The molecule has 2 aromatic heterocycles. The van der Waals surface area contributed by atoms with Crippen LogP contribution in [0.15, 0.2) is 35.1 Å². The molecule has 0 aliphatic carbocycles. The van der Waals surface area contributed by atoms with E-state index in [-0.39, 0.29) is 17.3 Å². The summed E-state index contributed by atoms with van der Waals surface area (Å²) >= 11 is 11.7. The maximum Gasteiger partial charge on any atom is 0.310 e. The lowest BCUT2D eigenvalue weighted by molar-refractivity contribution is -0.146. The molecule has 27 heavy (non-hydrogen) atoms. The Morgan fingerprint density at radius 2 is 1.93 bits per heavy atom. The van der Waals surface area contributed by atoms with Crippen LogP contribution in [0, 0.1) is 13.8 Å². The second kappa shape index (κ2) is 7.98. The zero-order valence-corrected chi connectivity index (χ0v) is 16.1. The third-order valence-corrected chi connectivity index (χ3v) is 4.53. The smallest absolute Gasteiger partial charge is 0.310 e. The number of amides is 1. The molecule has 1 amide bonds. The average Bonchev–Trinajstić information content (AvgIpc) is 2.98. The predicted molar refractivity (Wildman–Crippen MR) is 103 cm³/mol. The number of aryl methyl sites for hydroxylation is 2. The Kier molecular flexibility index (Phi) is 5.68.